The van der Waals surface area contributed by atoms with Crippen molar-refractivity contribution >= 4 is 5.91 Å². The van der Waals surface area contributed by atoms with Gasteiger partial charge in [0.25, 0.3) is 5.91 Å². The Morgan fingerprint density at radius 1 is 1.04 bits per heavy atom. The lowest BCUT2D eigenvalue weighted by Gasteiger charge is -2.38. The summed E-state index contributed by atoms with van der Waals surface area (Å²) in [4.78, 5) is 17.1. The van der Waals surface area contributed by atoms with Gasteiger partial charge in [-0.25, -0.2) is 4.39 Å². The summed E-state index contributed by atoms with van der Waals surface area (Å²) in [7, 11) is 2.13. The van der Waals surface area contributed by atoms with Gasteiger partial charge in [0.05, 0.1) is 5.56 Å². The highest BCUT2D eigenvalue weighted by Gasteiger charge is 2.23. The summed E-state index contributed by atoms with van der Waals surface area (Å²) in [5, 5.41) is 2.93. The van der Waals surface area contributed by atoms with Crippen molar-refractivity contribution in [1.29, 1.82) is 0 Å². The van der Waals surface area contributed by atoms with Gasteiger partial charge in [-0.05, 0) is 31.2 Å². The van der Waals surface area contributed by atoms with Crippen LogP contribution in [0, 0.1) is 5.82 Å². The van der Waals surface area contributed by atoms with E-state index >= 15 is 0 Å². The van der Waals surface area contributed by atoms with Gasteiger partial charge in [-0.2, -0.15) is 0 Å². The minimum Gasteiger partial charge on any atom is -0.350 e. The predicted octanol–water partition coefficient (Wildman–Crippen LogP) is 2.41. The second kappa shape index (κ2) is 8.92. The number of nitrogens with one attached hydrogen (secondary N) is 1. The third kappa shape index (κ3) is 4.90. The molecule has 4 nitrogen and oxygen atoms in total. The molecule has 0 aliphatic carbocycles. The Bertz CT molecular complexity index is 714. The highest BCUT2D eigenvalue weighted by Crippen LogP contribution is 2.12. The van der Waals surface area contributed by atoms with Crippen LogP contribution in [0.4, 0.5) is 4.39 Å². The number of carbonyl (C=O) groups excluding carboxylic acids is 1. The number of amides is 1. The number of hydrogen-bond donors (Lipinski definition) is 1. The highest BCUT2D eigenvalue weighted by molar-refractivity contribution is 5.94. The molecule has 1 heterocycles. The number of hydrogen-bond acceptors (Lipinski definition) is 3. The Hall–Kier alpha value is -2.24. The molecule has 1 aliphatic heterocycles. The number of likely N-dealkylation sites (N-methyl/N-ethyl adjacent to an activating group) is 1. The first-order valence-corrected chi connectivity index (χ1v) is 9.13. The lowest BCUT2D eigenvalue weighted by Crippen LogP contribution is -2.53. The average molecular weight is 355 g/mol. The standard InChI is InChI=1S/C21H26FN3O/c1-24-11-13-25(14-12-24)18(15-17-7-3-2-4-8-17)16-23-21(26)19-9-5-6-10-20(19)22/h2-10,18H,11-16H2,1H3,(H,23,26). The molecule has 1 unspecified atom stereocenters. The third-order valence-electron chi connectivity index (χ3n) is 4.99. The Morgan fingerprint density at radius 3 is 2.38 bits per heavy atom. The zero-order chi connectivity index (χ0) is 18.4. The summed E-state index contributed by atoms with van der Waals surface area (Å²) in [6, 6.07) is 16.6. The highest BCUT2D eigenvalue weighted by atomic mass is 19.1. The SMILES string of the molecule is CN1CCN(C(CNC(=O)c2ccccc2F)Cc2ccccc2)CC1. The van der Waals surface area contributed by atoms with Crippen molar-refractivity contribution in [1.82, 2.24) is 15.1 Å². The molecular weight excluding hydrogens is 329 g/mol. The van der Waals surface area contributed by atoms with E-state index < -0.39 is 5.82 Å². The van der Waals surface area contributed by atoms with Crippen molar-refractivity contribution in [3.05, 3.63) is 71.5 Å². The zero-order valence-electron chi connectivity index (χ0n) is 15.2. The average Bonchev–Trinajstić information content (AvgIpc) is 2.67. The van der Waals surface area contributed by atoms with E-state index in [4.69, 9.17) is 0 Å². The lowest BCUT2D eigenvalue weighted by molar-refractivity contribution is 0.0882. The number of rotatable bonds is 6. The first kappa shape index (κ1) is 18.5. The lowest BCUT2D eigenvalue weighted by atomic mass is 10.0. The minimum absolute atomic E-state index is 0.101. The maximum atomic E-state index is 13.8. The molecule has 1 N–H and O–H groups in total. The Kier molecular flexibility index (Phi) is 6.36. The predicted molar refractivity (Wildman–Crippen MR) is 102 cm³/mol. The van der Waals surface area contributed by atoms with Crippen molar-refractivity contribution in [2.45, 2.75) is 12.5 Å². The molecule has 0 aromatic heterocycles. The summed E-state index contributed by atoms with van der Waals surface area (Å²) in [5.74, 6) is -0.834. The Balaban J connectivity index is 1.67. The second-order valence-electron chi connectivity index (χ2n) is 6.87. The zero-order valence-corrected chi connectivity index (χ0v) is 15.2. The number of nitrogens with zero attached hydrogens (tertiary/aromatic N) is 2. The molecule has 1 saturated heterocycles. The monoisotopic (exact) mass is 355 g/mol. The number of benzene rings is 2. The first-order chi connectivity index (χ1) is 12.6. The molecule has 3 rings (SSSR count). The maximum Gasteiger partial charge on any atom is 0.254 e. The van der Waals surface area contributed by atoms with E-state index in [1.807, 2.05) is 18.2 Å². The van der Waals surface area contributed by atoms with Crippen molar-refractivity contribution in [2.24, 2.45) is 0 Å². The van der Waals surface area contributed by atoms with Gasteiger partial charge in [-0.1, -0.05) is 42.5 Å². The fourth-order valence-electron chi connectivity index (χ4n) is 3.35. The molecular formula is C21H26FN3O. The molecule has 1 fully saturated rings. The quantitative estimate of drug-likeness (QED) is 0.864. The third-order valence-corrected chi connectivity index (χ3v) is 4.99. The van der Waals surface area contributed by atoms with Crippen molar-refractivity contribution in [3.63, 3.8) is 0 Å². The molecule has 138 valence electrons. The largest absolute Gasteiger partial charge is 0.350 e. The molecule has 1 amide bonds. The minimum atomic E-state index is -0.482. The molecule has 2 aromatic rings. The molecule has 1 aliphatic rings. The van der Waals surface area contributed by atoms with Crippen LogP contribution in [-0.4, -0.2) is 61.5 Å². The van der Waals surface area contributed by atoms with Gasteiger partial charge in [0, 0.05) is 38.8 Å². The van der Waals surface area contributed by atoms with Crippen LogP contribution in [0.25, 0.3) is 0 Å². The van der Waals surface area contributed by atoms with E-state index in [-0.39, 0.29) is 17.5 Å². The van der Waals surface area contributed by atoms with Gasteiger partial charge in [0.2, 0.25) is 0 Å². The van der Waals surface area contributed by atoms with E-state index in [9.17, 15) is 9.18 Å². The van der Waals surface area contributed by atoms with Crippen LogP contribution >= 0.6 is 0 Å². The molecule has 0 bridgehead atoms. The number of carbonyl (C=O) groups is 1. The van der Waals surface area contributed by atoms with Crippen LogP contribution in [-0.2, 0) is 6.42 Å². The Morgan fingerprint density at radius 2 is 1.69 bits per heavy atom. The van der Waals surface area contributed by atoms with Crippen LogP contribution in [0.2, 0.25) is 0 Å². The fraction of sp³-hybridized carbons (Fsp3) is 0.381. The normalized spacial score (nSPS) is 17.0. The van der Waals surface area contributed by atoms with Gasteiger partial charge in [0.1, 0.15) is 5.82 Å². The van der Waals surface area contributed by atoms with E-state index in [0.29, 0.717) is 6.54 Å². The van der Waals surface area contributed by atoms with Crippen LogP contribution in [0.3, 0.4) is 0 Å². The molecule has 0 saturated carbocycles. The van der Waals surface area contributed by atoms with Crippen LogP contribution in [0.15, 0.2) is 54.6 Å². The summed E-state index contributed by atoms with van der Waals surface area (Å²) in [6.07, 6.45) is 0.863. The van der Waals surface area contributed by atoms with E-state index in [1.165, 1.54) is 17.7 Å². The topological polar surface area (TPSA) is 35.6 Å². The maximum absolute atomic E-state index is 13.8. The summed E-state index contributed by atoms with van der Waals surface area (Å²) in [5.41, 5.74) is 1.35. The summed E-state index contributed by atoms with van der Waals surface area (Å²) >= 11 is 0. The van der Waals surface area contributed by atoms with E-state index in [0.717, 1.165) is 32.6 Å². The van der Waals surface area contributed by atoms with Gasteiger partial charge < -0.3 is 10.2 Å². The summed E-state index contributed by atoms with van der Waals surface area (Å²) < 4.78 is 13.8. The first-order valence-electron chi connectivity index (χ1n) is 9.13. The van der Waals surface area contributed by atoms with Gasteiger partial charge in [-0.3, -0.25) is 9.69 Å². The number of piperazine rings is 1. The van der Waals surface area contributed by atoms with Gasteiger partial charge in [0.15, 0.2) is 0 Å². The van der Waals surface area contributed by atoms with E-state index in [1.54, 1.807) is 12.1 Å². The Labute approximate surface area is 154 Å². The van der Waals surface area contributed by atoms with E-state index in [2.05, 4.69) is 34.3 Å². The second-order valence-corrected chi connectivity index (χ2v) is 6.87. The molecule has 1 atom stereocenters. The molecule has 5 heteroatoms. The summed E-state index contributed by atoms with van der Waals surface area (Å²) in [6.45, 7) is 4.50. The molecule has 0 spiro atoms. The van der Waals surface area contributed by atoms with Gasteiger partial charge >= 0.3 is 0 Å². The van der Waals surface area contributed by atoms with Crippen LogP contribution < -0.4 is 5.32 Å². The molecule has 26 heavy (non-hydrogen) atoms. The molecule has 2 aromatic carbocycles. The fourth-order valence-corrected chi connectivity index (χ4v) is 3.35. The molecule has 0 radical (unpaired) electrons. The number of halogens is 1. The smallest absolute Gasteiger partial charge is 0.254 e. The van der Waals surface area contributed by atoms with Crippen molar-refractivity contribution in [3.8, 4) is 0 Å². The van der Waals surface area contributed by atoms with Crippen molar-refractivity contribution in [2.75, 3.05) is 39.8 Å². The van der Waals surface area contributed by atoms with Gasteiger partial charge in [-0.15, -0.1) is 0 Å². The van der Waals surface area contributed by atoms with Crippen LogP contribution in [0.5, 0.6) is 0 Å². The van der Waals surface area contributed by atoms with Crippen LogP contribution in [0.1, 0.15) is 15.9 Å². The van der Waals surface area contributed by atoms with Crippen molar-refractivity contribution < 1.29 is 9.18 Å².